The summed E-state index contributed by atoms with van der Waals surface area (Å²) in [6.07, 6.45) is 0.631. The Hall–Kier alpha value is -2.51. The molecule has 1 saturated heterocycles. The van der Waals surface area contributed by atoms with Crippen molar-refractivity contribution in [2.75, 3.05) is 18.4 Å². The molecule has 0 saturated carbocycles. The summed E-state index contributed by atoms with van der Waals surface area (Å²) in [6.45, 7) is 2.81. The number of anilines is 1. The van der Waals surface area contributed by atoms with Crippen molar-refractivity contribution < 1.29 is 14.0 Å². The predicted molar refractivity (Wildman–Crippen MR) is 115 cm³/mol. The number of amides is 2. The molecule has 0 spiro atoms. The van der Waals surface area contributed by atoms with E-state index in [-0.39, 0.29) is 24.1 Å². The lowest BCUT2D eigenvalue weighted by molar-refractivity contribution is -0.130. The number of hydrogen-bond acceptors (Lipinski definition) is 3. The number of nitrogens with one attached hydrogen (secondary N) is 1. The van der Waals surface area contributed by atoms with Crippen LogP contribution in [0.25, 0.3) is 0 Å². The van der Waals surface area contributed by atoms with E-state index < -0.39 is 6.04 Å². The van der Waals surface area contributed by atoms with Crippen molar-refractivity contribution in [3.8, 4) is 0 Å². The molecule has 0 radical (unpaired) electrons. The third-order valence-electron chi connectivity index (χ3n) is 4.78. The number of rotatable bonds is 7. The van der Waals surface area contributed by atoms with Crippen LogP contribution in [0.15, 0.2) is 48.5 Å². The quantitative estimate of drug-likeness (QED) is 0.673. The molecule has 5 nitrogen and oxygen atoms in total. The number of carbonyl (C=O) groups excluding carboxylic acids is 2. The van der Waals surface area contributed by atoms with Gasteiger partial charge in [-0.25, -0.2) is 4.39 Å². The Morgan fingerprint density at radius 3 is 2.45 bits per heavy atom. The predicted octanol–water partition coefficient (Wildman–Crippen LogP) is 3.87. The van der Waals surface area contributed by atoms with Gasteiger partial charge in [-0.2, -0.15) is 0 Å². The van der Waals surface area contributed by atoms with Crippen LogP contribution in [0.1, 0.15) is 18.9 Å². The summed E-state index contributed by atoms with van der Waals surface area (Å²) in [5.41, 5.74) is 1.54. The topological polar surface area (TPSA) is 52.7 Å². The van der Waals surface area contributed by atoms with Crippen LogP contribution in [-0.4, -0.2) is 45.9 Å². The van der Waals surface area contributed by atoms with Gasteiger partial charge in [-0.15, -0.1) is 0 Å². The summed E-state index contributed by atoms with van der Waals surface area (Å²) in [6, 6.07) is 12.3. The van der Waals surface area contributed by atoms with Crippen molar-refractivity contribution in [3.63, 3.8) is 0 Å². The van der Waals surface area contributed by atoms with E-state index in [9.17, 15) is 14.0 Å². The third-order valence-corrected chi connectivity index (χ3v) is 5.49. The van der Waals surface area contributed by atoms with E-state index in [0.717, 1.165) is 5.56 Å². The Bertz CT molecular complexity index is 905. The fourth-order valence-corrected chi connectivity index (χ4v) is 3.82. The minimum absolute atomic E-state index is 0.0343. The second kappa shape index (κ2) is 9.33. The first-order chi connectivity index (χ1) is 13.9. The number of thiocarbonyl (C=S) groups is 1. The van der Waals surface area contributed by atoms with Crippen LogP contribution in [-0.2, 0) is 16.0 Å². The normalized spacial score (nSPS) is 16.4. The van der Waals surface area contributed by atoms with Gasteiger partial charge in [0, 0.05) is 23.8 Å². The highest BCUT2D eigenvalue weighted by atomic mass is 35.5. The fraction of sp³-hybridized carbons (Fsp3) is 0.286. The van der Waals surface area contributed by atoms with E-state index in [1.54, 1.807) is 4.90 Å². The molecule has 2 aromatic rings. The Balaban J connectivity index is 1.69. The first-order valence-electron chi connectivity index (χ1n) is 9.31. The molecule has 2 amide bonds. The zero-order chi connectivity index (χ0) is 21.0. The molecule has 8 heteroatoms. The smallest absolute Gasteiger partial charge is 0.252 e. The van der Waals surface area contributed by atoms with Gasteiger partial charge >= 0.3 is 0 Å². The highest BCUT2D eigenvalue weighted by Gasteiger charge is 2.42. The Morgan fingerprint density at radius 2 is 1.83 bits per heavy atom. The lowest BCUT2D eigenvalue weighted by Crippen LogP contribution is -2.39. The van der Waals surface area contributed by atoms with Crippen molar-refractivity contribution in [2.24, 2.45) is 0 Å². The van der Waals surface area contributed by atoms with E-state index in [4.69, 9.17) is 23.8 Å². The molecule has 1 atom stereocenters. The minimum Gasteiger partial charge on any atom is -0.336 e. The lowest BCUT2D eigenvalue weighted by atomic mass is 10.1. The maximum Gasteiger partial charge on any atom is 0.252 e. The summed E-state index contributed by atoms with van der Waals surface area (Å²) in [4.78, 5) is 28.6. The molecular weight excluding hydrogens is 413 g/mol. The zero-order valence-corrected chi connectivity index (χ0v) is 17.5. The molecule has 0 aromatic heterocycles. The molecule has 1 aliphatic heterocycles. The first-order valence-corrected chi connectivity index (χ1v) is 10.1. The van der Waals surface area contributed by atoms with Crippen LogP contribution in [0.2, 0.25) is 5.02 Å². The van der Waals surface area contributed by atoms with Crippen molar-refractivity contribution in [1.82, 2.24) is 9.80 Å². The summed E-state index contributed by atoms with van der Waals surface area (Å²) in [5.74, 6) is -0.888. The number of halogens is 2. The van der Waals surface area contributed by atoms with Gasteiger partial charge in [-0.1, -0.05) is 23.7 Å². The molecule has 1 heterocycles. The summed E-state index contributed by atoms with van der Waals surface area (Å²) in [7, 11) is 0. The standard InChI is InChI=1S/C21H21ClFN3O2S/c1-2-25-20(28)18(13-19(27)24-17-9-7-16(23)8-10-17)26(21(25)29)12-11-14-3-5-15(22)6-4-14/h3-10,18H,2,11-13H2,1H3,(H,24,27). The number of hydrogen-bond donors (Lipinski definition) is 1. The second-order valence-corrected chi connectivity index (χ2v) is 7.51. The molecular formula is C21H21ClFN3O2S. The Morgan fingerprint density at radius 1 is 1.17 bits per heavy atom. The van der Waals surface area contributed by atoms with Gasteiger partial charge in [0.05, 0.1) is 6.42 Å². The number of benzene rings is 2. The Kier molecular flexibility index (Phi) is 6.82. The SMILES string of the molecule is CCN1C(=O)C(CC(=O)Nc2ccc(F)cc2)N(CCc2ccc(Cl)cc2)C1=S. The van der Waals surface area contributed by atoms with Gasteiger partial charge in [0.2, 0.25) is 5.91 Å². The van der Waals surface area contributed by atoms with Crippen LogP contribution < -0.4 is 5.32 Å². The summed E-state index contributed by atoms with van der Waals surface area (Å²) < 4.78 is 13.0. The van der Waals surface area contributed by atoms with Crippen LogP contribution in [0.4, 0.5) is 10.1 Å². The zero-order valence-electron chi connectivity index (χ0n) is 15.9. The molecule has 3 rings (SSSR count). The first kappa shape index (κ1) is 21.2. The van der Waals surface area contributed by atoms with Gasteiger partial charge in [0.15, 0.2) is 5.11 Å². The molecule has 1 N–H and O–H groups in total. The van der Waals surface area contributed by atoms with E-state index in [1.165, 1.54) is 29.2 Å². The molecule has 1 unspecified atom stereocenters. The summed E-state index contributed by atoms with van der Waals surface area (Å²) >= 11 is 11.4. The molecule has 1 fully saturated rings. The van der Waals surface area contributed by atoms with Crippen LogP contribution in [0.5, 0.6) is 0 Å². The molecule has 29 heavy (non-hydrogen) atoms. The van der Waals surface area contributed by atoms with Crippen molar-refractivity contribution in [2.45, 2.75) is 25.8 Å². The third kappa shape index (κ3) is 5.10. The lowest BCUT2D eigenvalue weighted by Gasteiger charge is -2.23. The number of carbonyl (C=O) groups is 2. The van der Waals surface area contributed by atoms with E-state index in [1.807, 2.05) is 31.2 Å². The average Bonchev–Trinajstić information content (AvgIpc) is 2.92. The van der Waals surface area contributed by atoms with Gasteiger partial charge in [0.25, 0.3) is 5.91 Å². The van der Waals surface area contributed by atoms with Crippen molar-refractivity contribution in [1.29, 1.82) is 0 Å². The maximum absolute atomic E-state index is 13.0. The largest absolute Gasteiger partial charge is 0.336 e. The van der Waals surface area contributed by atoms with Crippen LogP contribution >= 0.6 is 23.8 Å². The van der Waals surface area contributed by atoms with Crippen molar-refractivity contribution in [3.05, 3.63) is 64.9 Å². The molecule has 0 bridgehead atoms. The molecule has 1 aliphatic rings. The fourth-order valence-electron chi connectivity index (χ4n) is 3.26. The second-order valence-electron chi connectivity index (χ2n) is 6.71. The van der Waals surface area contributed by atoms with Crippen molar-refractivity contribution >= 4 is 46.4 Å². The minimum atomic E-state index is -0.657. The van der Waals surface area contributed by atoms with E-state index in [2.05, 4.69) is 5.32 Å². The maximum atomic E-state index is 13.0. The number of nitrogens with zero attached hydrogens (tertiary/aromatic N) is 2. The van der Waals surface area contributed by atoms with E-state index >= 15 is 0 Å². The average molecular weight is 434 g/mol. The van der Waals surface area contributed by atoms with E-state index in [0.29, 0.717) is 35.3 Å². The Labute approximate surface area is 179 Å². The molecule has 2 aromatic carbocycles. The van der Waals surface area contributed by atoms with Gasteiger partial charge < -0.3 is 10.2 Å². The van der Waals surface area contributed by atoms with Gasteiger partial charge in [-0.3, -0.25) is 14.5 Å². The van der Waals surface area contributed by atoms with Gasteiger partial charge in [0.1, 0.15) is 11.9 Å². The summed E-state index contributed by atoms with van der Waals surface area (Å²) in [5, 5.41) is 3.80. The highest BCUT2D eigenvalue weighted by Crippen LogP contribution is 2.22. The van der Waals surface area contributed by atoms with Gasteiger partial charge in [-0.05, 0) is 67.5 Å². The van der Waals surface area contributed by atoms with Crippen LogP contribution in [0, 0.1) is 5.82 Å². The van der Waals surface area contributed by atoms with Crippen LogP contribution in [0.3, 0.4) is 0 Å². The monoisotopic (exact) mass is 433 g/mol. The molecule has 0 aliphatic carbocycles. The number of likely N-dealkylation sites (N-methyl/N-ethyl adjacent to an activating group) is 1. The molecule has 152 valence electrons. The highest BCUT2D eigenvalue weighted by molar-refractivity contribution is 7.80.